The Bertz CT molecular complexity index is 382. The van der Waals surface area contributed by atoms with Crippen molar-refractivity contribution >= 4 is 0 Å². The van der Waals surface area contributed by atoms with E-state index in [1.165, 1.54) is 24.8 Å². The Labute approximate surface area is 118 Å². The van der Waals surface area contributed by atoms with Crippen LogP contribution in [0.2, 0.25) is 0 Å². The van der Waals surface area contributed by atoms with E-state index in [1.807, 2.05) is 0 Å². The van der Waals surface area contributed by atoms with Crippen molar-refractivity contribution in [2.45, 2.75) is 64.4 Å². The van der Waals surface area contributed by atoms with E-state index < -0.39 is 5.60 Å². The summed E-state index contributed by atoms with van der Waals surface area (Å²) >= 11 is 0. The van der Waals surface area contributed by atoms with E-state index >= 15 is 0 Å². The lowest BCUT2D eigenvalue weighted by Gasteiger charge is -2.36. The molecule has 1 nitrogen and oxygen atoms in total. The Hall–Kier alpha value is -0.820. The summed E-state index contributed by atoms with van der Waals surface area (Å²) in [7, 11) is 0. The fraction of sp³-hybridized carbons (Fsp3) is 0.667. The molecule has 19 heavy (non-hydrogen) atoms. The molecule has 1 aromatic rings. The minimum absolute atomic E-state index is 0.420. The van der Waals surface area contributed by atoms with E-state index in [2.05, 4.69) is 51.1 Å². The third-order valence-electron chi connectivity index (χ3n) is 5.00. The van der Waals surface area contributed by atoms with Gasteiger partial charge in [-0.3, -0.25) is 0 Å². The highest BCUT2D eigenvalue weighted by Crippen LogP contribution is 2.47. The summed E-state index contributed by atoms with van der Waals surface area (Å²) in [6.45, 7) is 6.52. The minimum atomic E-state index is -0.521. The molecule has 1 fully saturated rings. The molecular formula is C18H28O. The first-order chi connectivity index (χ1) is 9.04. The highest BCUT2D eigenvalue weighted by Gasteiger charge is 2.41. The van der Waals surface area contributed by atoms with E-state index in [1.54, 1.807) is 0 Å². The predicted octanol–water partition coefficient (Wildman–Crippen LogP) is 4.76. The van der Waals surface area contributed by atoms with Crippen LogP contribution in [-0.4, -0.2) is 10.7 Å². The summed E-state index contributed by atoms with van der Waals surface area (Å²) in [5.41, 5.74) is 0.890. The fourth-order valence-electron chi connectivity index (χ4n) is 3.80. The Kier molecular flexibility index (Phi) is 4.67. The molecule has 4 atom stereocenters. The maximum absolute atomic E-state index is 10.9. The third-order valence-corrected chi connectivity index (χ3v) is 5.00. The number of aliphatic hydroxyl groups is 1. The van der Waals surface area contributed by atoms with Crippen LogP contribution < -0.4 is 0 Å². The summed E-state index contributed by atoms with van der Waals surface area (Å²) in [5.74, 6) is 1.57. The number of rotatable bonds is 5. The van der Waals surface area contributed by atoms with Gasteiger partial charge >= 0.3 is 0 Å². The van der Waals surface area contributed by atoms with Crippen molar-refractivity contribution < 1.29 is 5.11 Å². The molecule has 0 spiro atoms. The van der Waals surface area contributed by atoms with E-state index in [0.29, 0.717) is 17.8 Å². The molecular weight excluding hydrogens is 232 g/mol. The lowest BCUT2D eigenvalue weighted by Crippen LogP contribution is -2.37. The maximum Gasteiger partial charge on any atom is 0.0656 e. The van der Waals surface area contributed by atoms with Crippen LogP contribution in [0.25, 0.3) is 0 Å². The van der Waals surface area contributed by atoms with Gasteiger partial charge in [0.05, 0.1) is 5.60 Å². The highest BCUT2D eigenvalue weighted by atomic mass is 16.3. The number of hydrogen-bond acceptors (Lipinski definition) is 1. The summed E-state index contributed by atoms with van der Waals surface area (Å²) < 4.78 is 0. The quantitative estimate of drug-likeness (QED) is 0.809. The van der Waals surface area contributed by atoms with Crippen LogP contribution in [-0.2, 0) is 0 Å². The van der Waals surface area contributed by atoms with Crippen LogP contribution in [0.3, 0.4) is 0 Å². The summed E-state index contributed by atoms with van der Waals surface area (Å²) in [5, 5.41) is 10.9. The molecule has 1 N–H and O–H groups in total. The highest BCUT2D eigenvalue weighted by molar-refractivity contribution is 5.22. The Balaban J connectivity index is 2.14. The van der Waals surface area contributed by atoms with Gasteiger partial charge in [-0.05, 0) is 49.5 Å². The topological polar surface area (TPSA) is 20.2 Å². The van der Waals surface area contributed by atoms with Crippen molar-refractivity contribution in [1.82, 2.24) is 0 Å². The predicted molar refractivity (Wildman–Crippen MR) is 81.2 cm³/mol. The SMILES string of the molecule is CCC(C)C[C@](C)(O)C1CCCC1c1ccccc1. The van der Waals surface area contributed by atoms with Crippen molar-refractivity contribution in [3.8, 4) is 0 Å². The number of hydrogen-bond donors (Lipinski definition) is 1. The second kappa shape index (κ2) is 6.09. The van der Waals surface area contributed by atoms with Gasteiger partial charge in [0.2, 0.25) is 0 Å². The van der Waals surface area contributed by atoms with Crippen molar-refractivity contribution in [2.75, 3.05) is 0 Å². The van der Waals surface area contributed by atoms with Crippen molar-refractivity contribution in [3.63, 3.8) is 0 Å². The van der Waals surface area contributed by atoms with Crippen molar-refractivity contribution in [2.24, 2.45) is 11.8 Å². The maximum atomic E-state index is 10.9. The molecule has 0 heterocycles. The molecule has 1 aromatic carbocycles. The first-order valence-corrected chi connectivity index (χ1v) is 7.82. The van der Waals surface area contributed by atoms with Crippen LogP contribution in [0.5, 0.6) is 0 Å². The van der Waals surface area contributed by atoms with Crippen LogP contribution in [0.15, 0.2) is 30.3 Å². The van der Waals surface area contributed by atoms with Gasteiger partial charge in [-0.15, -0.1) is 0 Å². The lowest BCUT2D eigenvalue weighted by atomic mass is 9.74. The molecule has 0 saturated heterocycles. The Morgan fingerprint density at radius 1 is 1.26 bits per heavy atom. The molecule has 1 saturated carbocycles. The monoisotopic (exact) mass is 260 g/mol. The van der Waals surface area contributed by atoms with Gasteiger partial charge in [0, 0.05) is 0 Å². The second-order valence-electron chi connectivity index (χ2n) is 6.63. The zero-order chi connectivity index (χ0) is 13.9. The van der Waals surface area contributed by atoms with Gasteiger partial charge in [-0.25, -0.2) is 0 Å². The standard InChI is InChI=1S/C18H28O/c1-4-14(2)13-18(3,19)17-12-8-11-16(17)15-9-6-5-7-10-15/h5-7,9-10,14,16-17,19H,4,8,11-13H2,1-3H3/t14?,16?,17?,18-/m0/s1. The summed E-state index contributed by atoms with van der Waals surface area (Å²) in [6.07, 6.45) is 5.73. The third kappa shape index (κ3) is 3.39. The zero-order valence-corrected chi connectivity index (χ0v) is 12.6. The Morgan fingerprint density at radius 2 is 1.95 bits per heavy atom. The van der Waals surface area contributed by atoms with Crippen LogP contribution >= 0.6 is 0 Å². The molecule has 3 unspecified atom stereocenters. The van der Waals surface area contributed by atoms with Crippen molar-refractivity contribution in [1.29, 1.82) is 0 Å². The van der Waals surface area contributed by atoms with E-state index in [9.17, 15) is 5.11 Å². The number of benzene rings is 1. The molecule has 0 aromatic heterocycles. The molecule has 0 radical (unpaired) electrons. The first-order valence-electron chi connectivity index (χ1n) is 7.82. The molecule has 0 aliphatic heterocycles. The normalized spacial score (nSPS) is 28.0. The van der Waals surface area contributed by atoms with Crippen molar-refractivity contribution in [3.05, 3.63) is 35.9 Å². The molecule has 0 amide bonds. The van der Waals surface area contributed by atoms with Gasteiger partial charge in [0.25, 0.3) is 0 Å². The molecule has 1 aliphatic carbocycles. The van der Waals surface area contributed by atoms with Crippen LogP contribution in [0.4, 0.5) is 0 Å². The second-order valence-corrected chi connectivity index (χ2v) is 6.63. The molecule has 1 aliphatic rings. The van der Waals surface area contributed by atoms with Crippen LogP contribution in [0, 0.1) is 11.8 Å². The van der Waals surface area contributed by atoms with Gasteiger partial charge in [-0.1, -0.05) is 57.0 Å². The van der Waals surface area contributed by atoms with E-state index in [0.717, 1.165) is 12.8 Å². The molecule has 2 rings (SSSR count). The largest absolute Gasteiger partial charge is 0.390 e. The lowest BCUT2D eigenvalue weighted by molar-refractivity contribution is -0.0250. The van der Waals surface area contributed by atoms with Gasteiger partial charge in [-0.2, -0.15) is 0 Å². The van der Waals surface area contributed by atoms with E-state index in [4.69, 9.17) is 0 Å². The smallest absolute Gasteiger partial charge is 0.0656 e. The van der Waals surface area contributed by atoms with Gasteiger partial charge in [0.1, 0.15) is 0 Å². The van der Waals surface area contributed by atoms with E-state index in [-0.39, 0.29) is 0 Å². The van der Waals surface area contributed by atoms with Crippen LogP contribution in [0.1, 0.15) is 64.4 Å². The van der Waals surface area contributed by atoms with Gasteiger partial charge in [0.15, 0.2) is 0 Å². The molecule has 106 valence electrons. The average Bonchev–Trinajstić information content (AvgIpc) is 2.89. The molecule has 0 bridgehead atoms. The minimum Gasteiger partial charge on any atom is -0.390 e. The molecule has 1 heteroatoms. The summed E-state index contributed by atoms with van der Waals surface area (Å²) in [4.78, 5) is 0. The zero-order valence-electron chi connectivity index (χ0n) is 12.6. The first kappa shape index (κ1) is 14.6. The fourth-order valence-corrected chi connectivity index (χ4v) is 3.80. The van der Waals surface area contributed by atoms with Gasteiger partial charge < -0.3 is 5.11 Å². The Morgan fingerprint density at radius 3 is 2.58 bits per heavy atom. The summed E-state index contributed by atoms with van der Waals surface area (Å²) in [6, 6.07) is 10.8. The average molecular weight is 260 g/mol.